The highest BCUT2D eigenvalue weighted by Gasteiger charge is 2.37. The van der Waals surface area contributed by atoms with Crippen molar-refractivity contribution in [3.63, 3.8) is 0 Å². The number of phenolic OH excluding ortho intramolecular Hbond substituents is 1. The summed E-state index contributed by atoms with van der Waals surface area (Å²) in [6, 6.07) is 13.8. The average molecular weight is 589 g/mol. The predicted octanol–water partition coefficient (Wildman–Crippen LogP) is 2.46. The van der Waals surface area contributed by atoms with Gasteiger partial charge in [0.1, 0.15) is 17.8 Å². The van der Waals surface area contributed by atoms with Gasteiger partial charge in [0.15, 0.2) is 0 Å². The number of fused-ring (bicyclic) bond motifs is 2. The number of nitrogens with one attached hydrogen (secondary N) is 3. The van der Waals surface area contributed by atoms with Crippen molar-refractivity contribution in [3.05, 3.63) is 77.4 Å². The molecule has 4 amide bonds. The van der Waals surface area contributed by atoms with Crippen molar-refractivity contribution in [2.75, 3.05) is 13.6 Å². The molecule has 1 unspecified atom stereocenters. The maximum Gasteiger partial charge on any atom is 0.320 e. The first-order valence-electron chi connectivity index (χ1n) is 14.2. The Morgan fingerprint density at radius 1 is 0.837 bits per heavy atom. The highest BCUT2D eigenvalue weighted by atomic mass is 16.4. The van der Waals surface area contributed by atoms with Gasteiger partial charge in [0.25, 0.3) is 11.8 Å². The van der Waals surface area contributed by atoms with Gasteiger partial charge in [0.05, 0.1) is 17.2 Å². The van der Waals surface area contributed by atoms with Crippen molar-refractivity contribution in [1.82, 2.24) is 20.9 Å². The number of benzene rings is 3. The Bertz CT molecular complexity index is 1480. The smallest absolute Gasteiger partial charge is 0.320 e. The van der Waals surface area contributed by atoms with Crippen LogP contribution in [0, 0.1) is 5.92 Å². The molecular weight excluding hydrogens is 552 g/mol. The zero-order chi connectivity index (χ0) is 31.3. The summed E-state index contributed by atoms with van der Waals surface area (Å²) in [7, 11) is 1.45. The van der Waals surface area contributed by atoms with Crippen LogP contribution in [-0.4, -0.2) is 76.4 Å². The van der Waals surface area contributed by atoms with Gasteiger partial charge in [-0.2, -0.15) is 0 Å². The Hall–Kier alpha value is -4.77. The Morgan fingerprint density at radius 3 is 1.93 bits per heavy atom. The predicted molar refractivity (Wildman–Crippen MR) is 160 cm³/mol. The maximum atomic E-state index is 13.4. The van der Waals surface area contributed by atoms with Gasteiger partial charge in [-0.15, -0.1) is 0 Å². The summed E-state index contributed by atoms with van der Waals surface area (Å²) >= 11 is 0. The third-order valence-corrected chi connectivity index (χ3v) is 7.46. The molecule has 226 valence electrons. The largest absolute Gasteiger partial charge is 0.508 e. The summed E-state index contributed by atoms with van der Waals surface area (Å²) < 4.78 is 0. The van der Waals surface area contributed by atoms with Gasteiger partial charge >= 0.3 is 5.97 Å². The number of amides is 4. The molecule has 0 radical (unpaired) electrons. The topological polar surface area (TPSA) is 165 Å². The van der Waals surface area contributed by atoms with E-state index in [9.17, 15) is 34.2 Å². The number of phenols is 1. The number of carboxylic acid groups (broad SMARTS) is 1. The van der Waals surface area contributed by atoms with E-state index < -0.39 is 47.7 Å². The van der Waals surface area contributed by atoms with Crippen LogP contribution in [0.2, 0.25) is 0 Å². The van der Waals surface area contributed by atoms with Crippen LogP contribution < -0.4 is 16.0 Å². The molecule has 0 aromatic heterocycles. The molecule has 43 heavy (non-hydrogen) atoms. The van der Waals surface area contributed by atoms with Gasteiger partial charge in [0, 0.05) is 20.0 Å². The summed E-state index contributed by atoms with van der Waals surface area (Å²) in [6.45, 7) is 3.60. The molecule has 11 nitrogen and oxygen atoms in total. The van der Waals surface area contributed by atoms with Crippen molar-refractivity contribution in [2.45, 2.75) is 51.2 Å². The first kappa shape index (κ1) is 31.2. The third-order valence-electron chi connectivity index (χ3n) is 7.46. The van der Waals surface area contributed by atoms with E-state index in [-0.39, 0.29) is 48.6 Å². The number of aromatic hydroxyl groups is 1. The number of nitrogens with zero attached hydrogens (tertiary/aromatic N) is 1. The summed E-state index contributed by atoms with van der Waals surface area (Å²) in [4.78, 5) is 65.6. The second-order valence-electron chi connectivity index (χ2n) is 11.1. The maximum absolute atomic E-state index is 13.4. The Morgan fingerprint density at radius 2 is 1.42 bits per heavy atom. The fourth-order valence-electron chi connectivity index (χ4n) is 5.21. The monoisotopic (exact) mass is 588 g/mol. The molecular formula is C32H36N4O7. The van der Waals surface area contributed by atoms with Gasteiger partial charge in [-0.25, -0.2) is 0 Å². The number of imide groups is 1. The molecule has 0 saturated carbocycles. The van der Waals surface area contributed by atoms with Crippen LogP contribution in [0.4, 0.5) is 0 Å². The molecule has 1 aliphatic rings. The lowest BCUT2D eigenvalue weighted by molar-refractivity contribution is -0.140. The zero-order valence-corrected chi connectivity index (χ0v) is 24.3. The van der Waals surface area contributed by atoms with Gasteiger partial charge in [-0.1, -0.05) is 50.2 Å². The van der Waals surface area contributed by atoms with E-state index in [0.717, 1.165) is 15.7 Å². The zero-order valence-electron chi connectivity index (χ0n) is 24.3. The lowest BCUT2D eigenvalue weighted by Gasteiger charge is -2.27. The van der Waals surface area contributed by atoms with Crippen LogP contribution in [0.5, 0.6) is 5.75 Å². The summed E-state index contributed by atoms with van der Waals surface area (Å²) in [5, 5.41) is 29.4. The average Bonchev–Trinajstić information content (AvgIpc) is 3.21. The van der Waals surface area contributed by atoms with Crippen LogP contribution in [0.3, 0.4) is 0 Å². The van der Waals surface area contributed by atoms with Crippen LogP contribution in [-0.2, 0) is 20.8 Å². The molecule has 0 fully saturated rings. The van der Waals surface area contributed by atoms with Crippen molar-refractivity contribution >= 4 is 40.4 Å². The number of hydrogen-bond donors (Lipinski definition) is 5. The van der Waals surface area contributed by atoms with Crippen LogP contribution >= 0.6 is 0 Å². The van der Waals surface area contributed by atoms with Gasteiger partial charge < -0.3 is 20.8 Å². The third kappa shape index (κ3) is 7.36. The standard InChI is InChI=1S/C32H36N4O7/c1-18(2)14-26(29(39)35-27(28(38)33-3)15-19-8-10-22(37)11-9-19)34-25(32(42)43)12-13-36-30(40)23-16-20-6-4-5-7-21(20)17-24(23)31(36)41/h4-11,16-18,25-27,34,37H,12-15H2,1-3H3,(H,33,38)(H,35,39)(H,42,43)/t25?,26-,27-/m0/s1. The molecule has 1 aliphatic heterocycles. The summed E-state index contributed by atoms with van der Waals surface area (Å²) in [6.07, 6.45) is 0.292. The lowest BCUT2D eigenvalue weighted by atomic mass is 9.99. The number of carbonyl (C=O) groups is 5. The Kier molecular flexibility index (Phi) is 9.77. The second-order valence-corrected chi connectivity index (χ2v) is 11.1. The Balaban J connectivity index is 1.47. The highest BCUT2D eigenvalue weighted by Crippen LogP contribution is 2.28. The van der Waals surface area contributed by atoms with E-state index in [1.807, 2.05) is 38.1 Å². The normalized spacial score (nSPS) is 14.8. The summed E-state index contributed by atoms with van der Waals surface area (Å²) in [5.74, 6) is -3.14. The van der Waals surface area contributed by atoms with Crippen molar-refractivity contribution in [3.8, 4) is 5.75 Å². The van der Waals surface area contributed by atoms with E-state index in [1.54, 1.807) is 24.3 Å². The number of rotatable bonds is 13. The molecule has 1 heterocycles. The van der Waals surface area contributed by atoms with Crippen molar-refractivity contribution < 1.29 is 34.2 Å². The number of carbonyl (C=O) groups excluding carboxylic acids is 4. The molecule has 11 heteroatoms. The van der Waals surface area contributed by atoms with Gasteiger partial charge in [-0.05, 0) is 59.4 Å². The molecule has 3 aromatic rings. The molecule has 4 rings (SSSR count). The number of hydrogen-bond acceptors (Lipinski definition) is 7. The fraction of sp³-hybridized carbons (Fsp3) is 0.344. The van der Waals surface area contributed by atoms with E-state index in [1.165, 1.54) is 19.2 Å². The van der Waals surface area contributed by atoms with Crippen molar-refractivity contribution in [2.24, 2.45) is 5.92 Å². The molecule has 5 N–H and O–H groups in total. The van der Waals surface area contributed by atoms with Crippen molar-refractivity contribution in [1.29, 1.82) is 0 Å². The minimum atomic E-state index is -1.26. The Labute approximate surface area is 249 Å². The molecule has 0 spiro atoms. The van der Waals surface area contributed by atoms with Gasteiger partial charge in [-0.3, -0.25) is 34.2 Å². The molecule has 3 aromatic carbocycles. The number of aliphatic carboxylic acids is 1. The first-order valence-corrected chi connectivity index (χ1v) is 14.2. The van der Waals surface area contributed by atoms with Gasteiger partial charge in [0.2, 0.25) is 11.8 Å². The second kappa shape index (κ2) is 13.5. The highest BCUT2D eigenvalue weighted by molar-refractivity contribution is 6.23. The van der Waals surface area contributed by atoms with E-state index in [0.29, 0.717) is 5.56 Å². The lowest BCUT2D eigenvalue weighted by Crippen LogP contribution is -2.56. The van der Waals surface area contributed by atoms with Crippen LogP contribution in [0.15, 0.2) is 60.7 Å². The minimum absolute atomic E-state index is 0.00128. The number of carboxylic acids is 1. The van der Waals surface area contributed by atoms with E-state index in [4.69, 9.17) is 0 Å². The fourth-order valence-corrected chi connectivity index (χ4v) is 5.21. The molecule has 0 aliphatic carbocycles. The van der Waals surface area contributed by atoms with Crippen LogP contribution in [0.25, 0.3) is 10.8 Å². The van der Waals surface area contributed by atoms with Crippen LogP contribution in [0.1, 0.15) is 53.0 Å². The molecule has 3 atom stereocenters. The quantitative estimate of drug-likeness (QED) is 0.190. The minimum Gasteiger partial charge on any atom is -0.508 e. The SMILES string of the molecule is CNC(=O)[C@H](Cc1ccc(O)cc1)NC(=O)[C@H](CC(C)C)NC(CCN1C(=O)c2cc3ccccc3cc2C1=O)C(=O)O. The molecule has 0 saturated heterocycles. The van der Waals surface area contributed by atoms with E-state index in [2.05, 4.69) is 16.0 Å². The number of likely N-dealkylation sites (N-methyl/N-ethyl adjacent to an activating group) is 1. The first-order chi connectivity index (χ1) is 20.5. The summed E-state index contributed by atoms with van der Waals surface area (Å²) in [5.41, 5.74) is 1.25. The van der Waals surface area contributed by atoms with E-state index >= 15 is 0 Å². The molecule has 0 bridgehead atoms.